The van der Waals surface area contributed by atoms with E-state index in [1.807, 2.05) is 73.7 Å². The molecule has 148 valence electrons. The Morgan fingerprint density at radius 3 is 2.10 bits per heavy atom. The van der Waals surface area contributed by atoms with E-state index in [4.69, 9.17) is 0 Å². The van der Waals surface area contributed by atoms with Crippen molar-refractivity contribution in [2.45, 2.75) is 11.9 Å². The Bertz CT molecular complexity index is 1110. The summed E-state index contributed by atoms with van der Waals surface area (Å²) in [5.74, 6) is 0.222. The number of amides is 1. The van der Waals surface area contributed by atoms with Crippen LogP contribution in [0.5, 0.6) is 0 Å². The fraction of sp³-hybridized carbons (Fsp3) is 0.0800. The van der Waals surface area contributed by atoms with Crippen LogP contribution in [0.2, 0.25) is 0 Å². The van der Waals surface area contributed by atoms with E-state index >= 15 is 0 Å². The third-order valence-electron chi connectivity index (χ3n) is 4.61. The summed E-state index contributed by atoms with van der Waals surface area (Å²) >= 11 is 1.37. The van der Waals surface area contributed by atoms with E-state index in [1.54, 1.807) is 0 Å². The zero-order valence-electron chi connectivity index (χ0n) is 16.6. The zero-order valence-corrected chi connectivity index (χ0v) is 17.4. The Morgan fingerprint density at radius 2 is 1.43 bits per heavy atom. The van der Waals surface area contributed by atoms with Gasteiger partial charge in [-0.1, -0.05) is 84.1 Å². The van der Waals surface area contributed by atoms with E-state index in [0.29, 0.717) is 0 Å². The minimum Gasteiger partial charge on any atom is -0.325 e. The molecule has 0 saturated heterocycles. The lowest BCUT2D eigenvalue weighted by atomic mass is 10.0. The van der Waals surface area contributed by atoms with Crippen LogP contribution in [0.25, 0.3) is 22.4 Å². The fourth-order valence-electron chi connectivity index (χ4n) is 2.99. The van der Waals surface area contributed by atoms with E-state index in [1.165, 1.54) is 22.9 Å². The van der Waals surface area contributed by atoms with Crippen molar-refractivity contribution in [3.8, 4) is 22.4 Å². The molecule has 0 unspecified atom stereocenters. The summed E-state index contributed by atoms with van der Waals surface area (Å²) in [6.45, 7) is 2.02. The van der Waals surface area contributed by atoms with Crippen molar-refractivity contribution >= 4 is 23.4 Å². The maximum absolute atomic E-state index is 12.1. The normalized spacial score (nSPS) is 10.6. The van der Waals surface area contributed by atoms with Crippen LogP contribution in [0.4, 0.5) is 5.69 Å². The lowest BCUT2D eigenvalue weighted by Gasteiger charge is -2.06. The highest BCUT2D eigenvalue weighted by molar-refractivity contribution is 7.99. The number of aromatic nitrogens is 2. The lowest BCUT2D eigenvalue weighted by Crippen LogP contribution is -2.14. The predicted molar refractivity (Wildman–Crippen MR) is 123 cm³/mol. The quantitative estimate of drug-likeness (QED) is 0.404. The Balaban J connectivity index is 1.34. The first-order valence-corrected chi connectivity index (χ1v) is 10.6. The molecular formula is C25H21N3OS. The highest BCUT2D eigenvalue weighted by atomic mass is 32.2. The van der Waals surface area contributed by atoms with Crippen molar-refractivity contribution in [3.63, 3.8) is 0 Å². The van der Waals surface area contributed by atoms with Crippen LogP contribution in [0.1, 0.15) is 5.56 Å². The summed E-state index contributed by atoms with van der Waals surface area (Å²) in [6, 6.07) is 30.1. The maximum Gasteiger partial charge on any atom is 0.234 e. The highest BCUT2D eigenvalue weighted by Crippen LogP contribution is 2.24. The number of thioether (sulfide) groups is 1. The van der Waals surface area contributed by atoms with Gasteiger partial charge in [-0.25, -0.2) is 0 Å². The number of hydrogen-bond donors (Lipinski definition) is 1. The predicted octanol–water partition coefficient (Wildman–Crippen LogP) is 5.85. The molecule has 0 fully saturated rings. The number of nitrogens with one attached hydrogen (secondary N) is 1. The Labute approximate surface area is 180 Å². The summed E-state index contributed by atoms with van der Waals surface area (Å²) < 4.78 is 0. The Hall–Kier alpha value is -3.44. The molecule has 1 heterocycles. The topological polar surface area (TPSA) is 54.9 Å². The second kappa shape index (κ2) is 9.37. The molecule has 4 aromatic rings. The molecule has 0 aliphatic rings. The van der Waals surface area contributed by atoms with Gasteiger partial charge in [0.05, 0.1) is 11.4 Å². The molecule has 1 aromatic heterocycles. The number of hydrogen-bond acceptors (Lipinski definition) is 4. The van der Waals surface area contributed by atoms with Gasteiger partial charge in [0, 0.05) is 11.3 Å². The molecule has 4 nitrogen and oxygen atoms in total. The van der Waals surface area contributed by atoms with E-state index < -0.39 is 0 Å². The number of nitrogens with zero attached hydrogens (tertiary/aromatic N) is 2. The van der Waals surface area contributed by atoms with Crippen molar-refractivity contribution in [2.24, 2.45) is 0 Å². The van der Waals surface area contributed by atoms with Gasteiger partial charge < -0.3 is 5.32 Å². The van der Waals surface area contributed by atoms with Gasteiger partial charge in [-0.3, -0.25) is 4.79 Å². The van der Waals surface area contributed by atoms with Gasteiger partial charge in [0.25, 0.3) is 0 Å². The maximum atomic E-state index is 12.1. The largest absolute Gasteiger partial charge is 0.325 e. The second-order valence-electron chi connectivity index (χ2n) is 6.90. The van der Waals surface area contributed by atoms with Gasteiger partial charge in [0.2, 0.25) is 5.91 Å². The van der Waals surface area contributed by atoms with Crippen molar-refractivity contribution in [1.82, 2.24) is 10.2 Å². The van der Waals surface area contributed by atoms with Gasteiger partial charge in [-0.15, -0.1) is 10.2 Å². The van der Waals surface area contributed by atoms with Crippen molar-refractivity contribution in [2.75, 3.05) is 11.1 Å². The van der Waals surface area contributed by atoms with E-state index in [9.17, 15) is 4.79 Å². The first-order chi connectivity index (χ1) is 14.7. The molecule has 1 N–H and O–H groups in total. The molecule has 3 aromatic carbocycles. The molecule has 4 rings (SSSR count). The molecule has 0 bridgehead atoms. The number of carbonyl (C=O) groups excluding carboxylic acids is 1. The van der Waals surface area contributed by atoms with Crippen LogP contribution < -0.4 is 5.32 Å². The van der Waals surface area contributed by atoms with E-state index in [2.05, 4.69) is 39.8 Å². The number of anilines is 1. The highest BCUT2D eigenvalue weighted by Gasteiger charge is 2.07. The number of aryl methyl sites for hydroxylation is 1. The van der Waals surface area contributed by atoms with Gasteiger partial charge in [-0.2, -0.15) is 0 Å². The SMILES string of the molecule is Cc1ccc(NC(=O)CSc2ccc(-c3ccc(-c4ccccc4)cc3)nn2)cc1. The van der Waals surface area contributed by atoms with Crippen LogP contribution in [0.3, 0.4) is 0 Å². The molecule has 0 saturated carbocycles. The average molecular weight is 412 g/mol. The second-order valence-corrected chi connectivity index (χ2v) is 7.90. The van der Waals surface area contributed by atoms with Crippen LogP contribution in [-0.2, 0) is 4.79 Å². The van der Waals surface area contributed by atoms with E-state index in [-0.39, 0.29) is 11.7 Å². The Morgan fingerprint density at radius 1 is 0.767 bits per heavy atom. The van der Waals surface area contributed by atoms with Crippen LogP contribution in [-0.4, -0.2) is 21.9 Å². The van der Waals surface area contributed by atoms with Gasteiger partial charge in [-0.05, 0) is 42.3 Å². The van der Waals surface area contributed by atoms with Crippen molar-refractivity contribution in [3.05, 3.63) is 96.6 Å². The average Bonchev–Trinajstić information content (AvgIpc) is 2.80. The fourth-order valence-corrected chi connectivity index (χ4v) is 3.60. The van der Waals surface area contributed by atoms with Crippen molar-refractivity contribution < 1.29 is 4.79 Å². The summed E-state index contributed by atoms with van der Waals surface area (Å²) in [7, 11) is 0. The third kappa shape index (κ3) is 5.13. The van der Waals surface area contributed by atoms with Gasteiger partial charge >= 0.3 is 0 Å². The van der Waals surface area contributed by atoms with Crippen molar-refractivity contribution in [1.29, 1.82) is 0 Å². The number of carbonyl (C=O) groups is 1. The summed E-state index contributed by atoms with van der Waals surface area (Å²) in [6.07, 6.45) is 0. The number of benzene rings is 3. The van der Waals surface area contributed by atoms with Crippen LogP contribution >= 0.6 is 11.8 Å². The van der Waals surface area contributed by atoms with Crippen LogP contribution in [0, 0.1) is 6.92 Å². The summed E-state index contributed by atoms with van der Waals surface area (Å²) in [5.41, 5.74) is 6.13. The molecule has 0 atom stereocenters. The summed E-state index contributed by atoms with van der Waals surface area (Å²) in [5, 5.41) is 12.2. The molecule has 0 aliphatic heterocycles. The lowest BCUT2D eigenvalue weighted by molar-refractivity contribution is -0.113. The van der Waals surface area contributed by atoms with E-state index in [0.717, 1.165) is 27.5 Å². The molecule has 0 radical (unpaired) electrons. The molecule has 0 aliphatic carbocycles. The van der Waals surface area contributed by atoms with Crippen LogP contribution in [0.15, 0.2) is 96.0 Å². The first kappa shape index (κ1) is 19.9. The Kier molecular flexibility index (Phi) is 6.20. The smallest absolute Gasteiger partial charge is 0.234 e. The minimum absolute atomic E-state index is 0.0637. The molecule has 1 amide bonds. The summed E-state index contributed by atoms with van der Waals surface area (Å²) in [4.78, 5) is 12.1. The molecule has 30 heavy (non-hydrogen) atoms. The molecular weight excluding hydrogens is 390 g/mol. The number of rotatable bonds is 6. The van der Waals surface area contributed by atoms with Gasteiger partial charge in [0.15, 0.2) is 0 Å². The minimum atomic E-state index is -0.0637. The standard InChI is InChI=1S/C25H21N3OS/c1-18-7-13-22(14-8-18)26-24(29)17-30-25-16-15-23(27-28-25)21-11-9-20(10-12-21)19-5-3-2-4-6-19/h2-16H,17H2,1H3,(H,26,29). The monoisotopic (exact) mass is 411 g/mol. The zero-order chi connectivity index (χ0) is 20.8. The third-order valence-corrected chi connectivity index (χ3v) is 5.53. The van der Waals surface area contributed by atoms with Gasteiger partial charge in [0.1, 0.15) is 5.03 Å². The molecule has 5 heteroatoms. The molecule has 0 spiro atoms. The first-order valence-electron chi connectivity index (χ1n) is 9.66.